The number of pyridine rings is 1. The first kappa shape index (κ1) is 22.0. The number of carbonyl (C=O) groups is 1. The van der Waals surface area contributed by atoms with Gasteiger partial charge in [0.25, 0.3) is 0 Å². The smallest absolute Gasteiger partial charge is 0.247 e. The monoisotopic (exact) mass is 415 g/mol. The highest BCUT2D eigenvalue weighted by Crippen LogP contribution is 2.40. The summed E-state index contributed by atoms with van der Waals surface area (Å²) in [6.45, 7) is 13.6. The molecule has 0 fully saturated rings. The predicted octanol–water partition coefficient (Wildman–Crippen LogP) is 4.98. The molecular formula is C25H29N5O. The van der Waals surface area contributed by atoms with E-state index in [1.807, 2.05) is 40.0 Å². The van der Waals surface area contributed by atoms with Crippen molar-refractivity contribution >= 4 is 33.9 Å². The van der Waals surface area contributed by atoms with Crippen molar-refractivity contribution < 1.29 is 4.79 Å². The van der Waals surface area contributed by atoms with E-state index in [9.17, 15) is 4.79 Å². The zero-order valence-electron chi connectivity index (χ0n) is 19.0. The standard InChI is InChI=1S/C25H29N5O/c1-8-21(31)30-24-13(2)9-10-18(15(24)4)23-17(6)29-25-22(23)14(3)20(12-28-25)19(11-26)16(5)27-7/h8-12H,1,26H2,2-7H3,(H,28,29)(H,30,31)/b19-11+,27-16?. The molecule has 0 aliphatic carbocycles. The normalized spacial score (nSPS) is 12.3. The number of aliphatic imine (C=N–C) groups is 1. The third-order valence-electron chi connectivity index (χ3n) is 5.83. The van der Waals surface area contributed by atoms with Gasteiger partial charge < -0.3 is 16.0 Å². The fourth-order valence-corrected chi connectivity index (χ4v) is 4.05. The molecule has 3 aromatic rings. The number of H-pyrrole nitrogens is 1. The summed E-state index contributed by atoms with van der Waals surface area (Å²) in [5.74, 6) is -0.230. The number of aromatic nitrogens is 2. The minimum Gasteiger partial charge on any atom is -0.404 e. The second kappa shape index (κ2) is 8.60. The van der Waals surface area contributed by atoms with Gasteiger partial charge in [0.1, 0.15) is 5.65 Å². The molecule has 0 radical (unpaired) electrons. The van der Waals surface area contributed by atoms with Crippen LogP contribution in [0.25, 0.3) is 27.7 Å². The van der Waals surface area contributed by atoms with E-state index in [4.69, 9.17) is 5.73 Å². The third-order valence-corrected chi connectivity index (χ3v) is 5.83. The van der Waals surface area contributed by atoms with Gasteiger partial charge in [-0.1, -0.05) is 18.7 Å². The second-order valence-electron chi connectivity index (χ2n) is 7.66. The van der Waals surface area contributed by atoms with Crippen molar-refractivity contribution in [3.63, 3.8) is 0 Å². The van der Waals surface area contributed by atoms with E-state index in [0.29, 0.717) is 0 Å². The van der Waals surface area contributed by atoms with Crippen molar-refractivity contribution in [1.29, 1.82) is 0 Å². The molecule has 0 atom stereocenters. The number of nitrogens with zero attached hydrogens (tertiary/aromatic N) is 2. The summed E-state index contributed by atoms with van der Waals surface area (Å²) in [6, 6.07) is 4.11. The van der Waals surface area contributed by atoms with E-state index >= 15 is 0 Å². The van der Waals surface area contributed by atoms with E-state index in [1.54, 1.807) is 13.2 Å². The first-order valence-corrected chi connectivity index (χ1v) is 10.1. The Balaban J connectivity index is 2.33. The highest BCUT2D eigenvalue weighted by Gasteiger charge is 2.21. The average Bonchev–Trinajstić information content (AvgIpc) is 3.09. The summed E-state index contributed by atoms with van der Waals surface area (Å²) in [5.41, 5.74) is 16.4. The number of nitrogens with two attached hydrogens (primary N) is 1. The van der Waals surface area contributed by atoms with Gasteiger partial charge in [-0.05, 0) is 62.9 Å². The van der Waals surface area contributed by atoms with Crippen LogP contribution in [0.4, 0.5) is 5.69 Å². The van der Waals surface area contributed by atoms with Gasteiger partial charge in [-0.15, -0.1) is 0 Å². The minimum absolute atomic E-state index is 0.230. The molecule has 6 heteroatoms. The largest absolute Gasteiger partial charge is 0.404 e. The third kappa shape index (κ3) is 3.77. The van der Waals surface area contributed by atoms with Gasteiger partial charge in [0.15, 0.2) is 0 Å². The molecule has 160 valence electrons. The van der Waals surface area contributed by atoms with Crippen molar-refractivity contribution in [2.24, 2.45) is 10.7 Å². The first-order chi connectivity index (χ1) is 14.7. The molecule has 0 saturated carbocycles. The van der Waals surface area contributed by atoms with Crippen LogP contribution in [0.15, 0.2) is 42.2 Å². The van der Waals surface area contributed by atoms with Crippen molar-refractivity contribution in [3.05, 3.63) is 65.1 Å². The lowest BCUT2D eigenvalue weighted by molar-refractivity contribution is -0.111. The van der Waals surface area contributed by atoms with Crippen LogP contribution in [0.5, 0.6) is 0 Å². The van der Waals surface area contributed by atoms with Crippen molar-refractivity contribution in [2.45, 2.75) is 34.6 Å². The number of amides is 1. The van der Waals surface area contributed by atoms with Crippen LogP contribution in [0.1, 0.15) is 34.9 Å². The number of carbonyl (C=O) groups excluding carboxylic acids is 1. The van der Waals surface area contributed by atoms with Crippen LogP contribution >= 0.6 is 0 Å². The lowest BCUT2D eigenvalue weighted by Gasteiger charge is -2.16. The molecule has 0 unspecified atom stereocenters. The second-order valence-corrected chi connectivity index (χ2v) is 7.66. The SMILES string of the molecule is C=CC(=O)Nc1c(C)ccc(-c2c(C)[nH]c3ncc(/C(=C/N)C(C)=NC)c(C)c23)c1C. The summed E-state index contributed by atoms with van der Waals surface area (Å²) in [6.07, 6.45) is 4.70. The van der Waals surface area contributed by atoms with Crippen LogP contribution in [-0.2, 0) is 4.79 Å². The number of aromatic amines is 1. The van der Waals surface area contributed by atoms with Crippen molar-refractivity contribution in [3.8, 4) is 11.1 Å². The average molecular weight is 416 g/mol. The Morgan fingerprint density at radius 3 is 2.55 bits per heavy atom. The highest BCUT2D eigenvalue weighted by molar-refractivity contribution is 6.23. The molecule has 6 nitrogen and oxygen atoms in total. The number of fused-ring (bicyclic) bond motifs is 1. The molecule has 31 heavy (non-hydrogen) atoms. The Bertz CT molecular complexity index is 1260. The van der Waals surface area contributed by atoms with Gasteiger partial charge >= 0.3 is 0 Å². The Morgan fingerprint density at radius 2 is 1.94 bits per heavy atom. The van der Waals surface area contributed by atoms with E-state index < -0.39 is 0 Å². The molecule has 0 spiro atoms. The molecule has 0 aliphatic rings. The maximum atomic E-state index is 12.0. The fourth-order valence-electron chi connectivity index (χ4n) is 4.05. The topological polar surface area (TPSA) is 96.2 Å². The molecule has 2 aromatic heterocycles. The number of benzene rings is 1. The van der Waals surface area contributed by atoms with Crippen LogP contribution in [-0.4, -0.2) is 28.6 Å². The lowest BCUT2D eigenvalue weighted by atomic mass is 9.91. The first-order valence-electron chi connectivity index (χ1n) is 10.1. The highest BCUT2D eigenvalue weighted by atomic mass is 16.1. The molecule has 3 rings (SSSR count). The number of rotatable bonds is 5. The van der Waals surface area contributed by atoms with Crippen LogP contribution in [0.2, 0.25) is 0 Å². The van der Waals surface area contributed by atoms with E-state index in [0.717, 1.165) is 67.1 Å². The predicted molar refractivity (Wildman–Crippen MR) is 131 cm³/mol. The van der Waals surface area contributed by atoms with Crippen LogP contribution < -0.4 is 11.1 Å². The van der Waals surface area contributed by atoms with Gasteiger partial charge in [0.2, 0.25) is 5.91 Å². The molecule has 2 heterocycles. The van der Waals surface area contributed by atoms with Crippen molar-refractivity contribution in [2.75, 3.05) is 12.4 Å². The summed E-state index contributed by atoms with van der Waals surface area (Å²) < 4.78 is 0. The maximum absolute atomic E-state index is 12.0. The Labute approximate surface area is 183 Å². The molecule has 1 aromatic carbocycles. The Hall–Kier alpha value is -3.67. The van der Waals surface area contributed by atoms with E-state index in [-0.39, 0.29) is 5.91 Å². The number of nitrogens with one attached hydrogen (secondary N) is 2. The fraction of sp³-hybridized carbons (Fsp3) is 0.240. The molecular weight excluding hydrogens is 386 g/mol. The van der Waals surface area contributed by atoms with E-state index in [1.165, 1.54) is 6.08 Å². The van der Waals surface area contributed by atoms with E-state index in [2.05, 4.69) is 39.8 Å². The zero-order valence-corrected chi connectivity index (χ0v) is 19.0. The number of aryl methyl sites for hydroxylation is 3. The minimum atomic E-state index is -0.230. The van der Waals surface area contributed by atoms with Gasteiger partial charge in [-0.3, -0.25) is 9.79 Å². The Kier molecular flexibility index (Phi) is 6.11. The van der Waals surface area contributed by atoms with Gasteiger partial charge in [0, 0.05) is 58.6 Å². The summed E-state index contributed by atoms with van der Waals surface area (Å²) in [5, 5.41) is 3.98. The van der Waals surface area contributed by atoms with Gasteiger partial charge in [-0.2, -0.15) is 0 Å². The van der Waals surface area contributed by atoms with Gasteiger partial charge in [0.05, 0.1) is 0 Å². The molecule has 4 N–H and O–H groups in total. The quantitative estimate of drug-likeness (QED) is 0.405. The summed E-state index contributed by atoms with van der Waals surface area (Å²) >= 11 is 0. The Morgan fingerprint density at radius 1 is 1.23 bits per heavy atom. The molecule has 1 amide bonds. The zero-order chi connectivity index (χ0) is 22.9. The molecule has 0 aliphatic heterocycles. The summed E-state index contributed by atoms with van der Waals surface area (Å²) in [4.78, 5) is 24.4. The summed E-state index contributed by atoms with van der Waals surface area (Å²) in [7, 11) is 1.75. The lowest BCUT2D eigenvalue weighted by Crippen LogP contribution is -2.10. The maximum Gasteiger partial charge on any atom is 0.247 e. The van der Waals surface area contributed by atoms with Crippen molar-refractivity contribution in [1.82, 2.24) is 9.97 Å². The van der Waals surface area contributed by atoms with Crippen LogP contribution in [0, 0.1) is 27.7 Å². The van der Waals surface area contributed by atoms with Gasteiger partial charge in [-0.25, -0.2) is 4.98 Å². The number of allylic oxidation sites excluding steroid dienone is 1. The number of hydrogen-bond donors (Lipinski definition) is 3. The number of hydrogen-bond acceptors (Lipinski definition) is 4. The molecule has 0 saturated heterocycles. The molecule has 0 bridgehead atoms. The number of anilines is 1. The van der Waals surface area contributed by atoms with Crippen LogP contribution in [0.3, 0.4) is 0 Å².